The van der Waals surface area contributed by atoms with Crippen LogP contribution in [0.5, 0.6) is 0 Å². The van der Waals surface area contributed by atoms with Crippen molar-refractivity contribution in [2.24, 2.45) is 0 Å². The first-order valence-electron chi connectivity index (χ1n) is 6.78. The van der Waals surface area contributed by atoms with E-state index in [4.69, 9.17) is 0 Å². The molecule has 21 heavy (non-hydrogen) atoms. The second-order valence-electron chi connectivity index (χ2n) is 5.00. The van der Waals surface area contributed by atoms with Crippen LogP contribution in [-0.2, 0) is 4.79 Å². The largest absolute Gasteiger partial charge is 0.299 e. The van der Waals surface area contributed by atoms with E-state index in [2.05, 4.69) is 20.8 Å². The molecule has 1 heterocycles. The molecule has 0 aliphatic heterocycles. The van der Waals surface area contributed by atoms with Crippen LogP contribution >= 0.6 is 11.3 Å². The highest BCUT2D eigenvalue weighted by Crippen LogP contribution is 2.28. The number of carbonyl (C=O) groups is 1. The molecular weight excluding hydrogens is 283 g/mol. The van der Waals surface area contributed by atoms with Crippen LogP contribution in [0.1, 0.15) is 34.7 Å². The van der Waals surface area contributed by atoms with Crippen molar-refractivity contribution in [3.8, 4) is 0 Å². The number of allylic oxidation sites excluding steroid dienone is 7. The SMILES string of the molecule is CC(C=CC(F)=C(C)C=Cc1c(C)sc(C)c1C)=CC=O. The standard InChI is InChI=1S/C18H21FOS/c1-12(10-11-20)6-9-18(19)13(2)7-8-17-14(3)15(4)21-16(17)5/h6-11H,1-5H3. The molecular formula is C18H21FOS. The van der Waals surface area contributed by atoms with Crippen molar-refractivity contribution in [3.05, 3.63) is 62.2 Å². The third-order valence-corrected chi connectivity index (χ3v) is 4.46. The lowest BCUT2D eigenvalue weighted by atomic mass is 10.1. The van der Waals surface area contributed by atoms with E-state index in [1.165, 1.54) is 33.0 Å². The summed E-state index contributed by atoms with van der Waals surface area (Å²) in [5.74, 6) is -0.299. The lowest BCUT2D eigenvalue weighted by Crippen LogP contribution is -1.80. The number of rotatable bonds is 5. The molecule has 0 spiro atoms. The Kier molecular flexibility index (Phi) is 6.50. The summed E-state index contributed by atoms with van der Waals surface area (Å²) in [6.07, 6.45) is 8.82. The summed E-state index contributed by atoms with van der Waals surface area (Å²) in [6.45, 7) is 9.75. The van der Waals surface area contributed by atoms with Gasteiger partial charge in [0.05, 0.1) is 0 Å². The fourth-order valence-electron chi connectivity index (χ4n) is 1.84. The van der Waals surface area contributed by atoms with E-state index in [0.717, 1.165) is 5.57 Å². The molecule has 0 bridgehead atoms. The fourth-order valence-corrected chi connectivity index (χ4v) is 2.90. The topological polar surface area (TPSA) is 17.1 Å². The maximum Gasteiger partial charge on any atom is 0.143 e. The molecule has 0 aliphatic carbocycles. The van der Waals surface area contributed by atoms with Crippen molar-refractivity contribution in [2.45, 2.75) is 34.6 Å². The van der Waals surface area contributed by atoms with Crippen LogP contribution in [0.2, 0.25) is 0 Å². The first-order valence-corrected chi connectivity index (χ1v) is 7.59. The molecule has 1 nitrogen and oxygen atoms in total. The summed E-state index contributed by atoms with van der Waals surface area (Å²) < 4.78 is 13.9. The van der Waals surface area contributed by atoms with Gasteiger partial charge in [-0.05, 0) is 69.0 Å². The Morgan fingerprint density at radius 2 is 1.71 bits per heavy atom. The molecule has 0 atom stereocenters. The van der Waals surface area contributed by atoms with E-state index in [-0.39, 0.29) is 5.83 Å². The van der Waals surface area contributed by atoms with Gasteiger partial charge >= 0.3 is 0 Å². The van der Waals surface area contributed by atoms with Gasteiger partial charge in [-0.3, -0.25) is 4.79 Å². The summed E-state index contributed by atoms with van der Waals surface area (Å²) in [4.78, 5) is 12.8. The molecule has 0 aromatic carbocycles. The minimum atomic E-state index is -0.299. The number of hydrogen-bond donors (Lipinski definition) is 0. The van der Waals surface area contributed by atoms with E-state index in [1.54, 1.807) is 37.3 Å². The van der Waals surface area contributed by atoms with Crippen molar-refractivity contribution in [1.29, 1.82) is 0 Å². The van der Waals surface area contributed by atoms with E-state index in [0.29, 0.717) is 11.9 Å². The number of aldehydes is 1. The monoisotopic (exact) mass is 304 g/mol. The van der Waals surface area contributed by atoms with Crippen molar-refractivity contribution in [2.75, 3.05) is 0 Å². The van der Waals surface area contributed by atoms with Crippen molar-refractivity contribution < 1.29 is 9.18 Å². The molecule has 1 rings (SSSR count). The quantitative estimate of drug-likeness (QED) is 0.391. The molecule has 1 aromatic heterocycles. The summed E-state index contributed by atoms with van der Waals surface area (Å²) in [5.41, 5.74) is 3.71. The zero-order valence-electron chi connectivity index (χ0n) is 13.2. The van der Waals surface area contributed by atoms with E-state index < -0.39 is 0 Å². The first kappa shape index (κ1) is 17.3. The predicted molar refractivity (Wildman–Crippen MR) is 90.3 cm³/mol. The smallest absolute Gasteiger partial charge is 0.143 e. The molecule has 3 heteroatoms. The molecule has 0 fully saturated rings. The Morgan fingerprint density at radius 3 is 2.24 bits per heavy atom. The predicted octanol–water partition coefficient (Wildman–Crippen LogP) is 5.63. The molecule has 0 unspecified atom stereocenters. The average molecular weight is 304 g/mol. The van der Waals surface area contributed by atoms with Gasteiger partial charge in [0.25, 0.3) is 0 Å². The maximum atomic E-state index is 13.9. The highest BCUT2D eigenvalue weighted by Gasteiger charge is 2.06. The summed E-state index contributed by atoms with van der Waals surface area (Å²) in [7, 11) is 0. The zero-order valence-corrected chi connectivity index (χ0v) is 14.0. The number of aryl methyl sites for hydroxylation is 2. The normalized spacial score (nSPS) is 14.1. The Labute approximate surface area is 130 Å². The van der Waals surface area contributed by atoms with Gasteiger partial charge in [0, 0.05) is 9.75 Å². The van der Waals surface area contributed by atoms with Gasteiger partial charge in [-0.25, -0.2) is 4.39 Å². The van der Waals surface area contributed by atoms with Gasteiger partial charge in [0.1, 0.15) is 12.1 Å². The Morgan fingerprint density at radius 1 is 1.05 bits per heavy atom. The fraction of sp³-hybridized carbons (Fsp3) is 0.278. The van der Waals surface area contributed by atoms with E-state index in [1.807, 2.05) is 6.08 Å². The molecule has 0 radical (unpaired) electrons. The van der Waals surface area contributed by atoms with Crippen molar-refractivity contribution >= 4 is 23.7 Å². The number of thiophene rings is 1. The van der Waals surface area contributed by atoms with Gasteiger partial charge in [-0.15, -0.1) is 11.3 Å². The highest BCUT2D eigenvalue weighted by atomic mass is 32.1. The first-order chi connectivity index (χ1) is 9.86. The molecule has 0 aliphatic rings. The number of carbonyl (C=O) groups excluding carboxylic acids is 1. The minimum absolute atomic E-state index is 0.299. The van der Waals surface area contributed by atoms with Crippen molar-refractivity contribution in [3.63, 3.8) is 0 Å². The maximum absolute atomic E-state index is 13.9. The van der Waals surface area contributed by atoms with Crippen LogP contribution in [0.4, 0.5) is 4.39 Å². The minimum Gasteiger partial charge on any atom is -0.299 e. The van der Waals surface area contributed by atoms with Gasteiger partial charge in [0.2, 0.25) is 0 Å². The molecule has 0 saturated carbocycles. The van der Waals surface area contributed by atoms with Gasteiger partial charge in [-0.1, -0.05) is 18.2 Å². The Hall–Kier alpha value is -1.74. The van der Waals surface area contributed by atoms with E-state index in [9.17, 15) is 9.18 Å². The third-order valence-electron chi connectivity index (χ3n) is 3.32. The second-order valence-corrected chi connectivity index (χ2v) is 6.43. The third kappa shape index (κ3) is 4.94. The summed E-state index contributed by atoms with van der Waals surface area (Å²) in [5, 5.41) is 0. The van der Waals surface area contributed by atoms with Crippen LogP contribution in [0.3, 0.4) is 0 Å². The van der Waals surface area contributed by atoms with Crippen molar-refractivity contribution in [1.82, 2.24) is 0 Å². The molecule has 0 N–H and O–H groups in total. The van der Waals surface area contributed by atoms with Crippen LogP contribution < -0.4 is 0 Å². The molecule has 0 amide bonds. The number of hydrogen-bond acceptors (Lipinski definition) is 2. The highest BCUT2D eigenvalue weighted by molar-refractivity contribution is 7.12. The second kappa shape index (κ2) is 7.89. The molecule has 112 valence electrons. The van der Waals surface area contributed by atoms with Crippen LogP contribution in [0, 0.1) is 20.8 Å². The summed E-state index contributed by atoms with van der Waals surface area (Å²) >= 11 is 1.76. The molecule has 0 saturated heterocycles. The van der Waals surface area contributed by atoms with Crippen LogP contribution in [-0.4, -0.2) is 6.29 Å². The van der Waals surface area contributed by atoms with Gasteiger partial charge in [0.15, 0.2) is 0 Å². The lowest BCUT2D eigenvalue weighted by molar-refractivity contribution is -0.104. The van der Waals surface area contributed by atoms with Gasteiger partial charge < -0.3 is 0 Å². The van der Waals surface area contributed by atoms with Crippen LogP contribution in [0.25, 0.3) is 6.08 Å². The number of halogens is 1. The lowest BCUT2D eigenvalue weighted by Gasteiger charge is -1.97. The Bertz CT molecular complexity index is 642. The average Bonchev–Trinajstić information content (AvgIpc) is 2.67. The zero-order chi connectivity index (χ0) is 16.0. The Balaban J connectivity index is 2.95. The van der Waals surface area contributed by atoms with Crippen LogP contribution in [0.15, 0.2) is 41.3 Å². The van der Waals surface area contributed by atoms with E-state index >= 15 is 0 Å². The molecule has 1 aromatic rings. The van der Waals surface area contributed by atoms with Gasteiger partial charge in [-0.2, -0.15) is 0 Å². The summed E-state index contributed by atoms with van der Waals surface area (Å²) in [6, 6.07) is 0.